The van der Waals surface area contributed by atoms with Gasteiger partial charge in [-0.05, 0) is 29.7 Å². The summed E-state index contributed by atoms with van der Waals surface area (Å²) < 4.78 is 6.29. The molecule has 5 nitrogen and oxygen atoms in total. The minimum atomic E-state index is -0.492. The molecule has 0 radical (unpaired) electrons. The second-order valence-corrected chi connectivity index (χ2v) is 5.38. The first-order valence-corrected chi connectivity index (χ1v) is 7.37. The zero-order valence-electron chi connectivity index (χ0n) is 12.4. The largest absolute Gasteiger partial charge is 0.347 e. The van der Waals surface area contributed by atoms with E-state index in [2.05, 4.69) is 24.4 Å². The van der Waals surface area contributed by atoms with E-state index in [1.54, 1.807) is 12.1 Å². The standard InChI is InChI=1S/C17H18N2O3/c1-2-17(14-6-4-3-5-7-14)18-12-16(22-17)13-8-10-15(11-9-13)19(20)21/h3-11,16,18H,2,12H2,1H3/t16-,17+/m1/s1. The number of nitro groups is 1. The second kappa shape index (κ2) is 5.87. The van der Waals surface area contributed by atoms with Crippen LogP contribution in [0.5, 0.6) is 0 Å². The van der Waals surface area contributed by atoms with Crippen molar-refractivity contribution in [3.05, 3.63) is 75.8 Å². The topological polar surface area (TPSA) is 64.4 Å². The fourth-order valence-corrected chi connectivity index (χ4v) is 2.87. The smallest absolute Gasteiger partial charge is 0.269 e. The van der Waals surface area contributed by atoms with Crippen molar-refractivity contribution < 1.29 is 9.66 Å². The van der Waals surface area contributed by atoms with Gasteiger partial charge in [-0.3, -0.25) is 15.4 Å². The van der Waals surface area contributed by atoms with E-state index in [-0.39, 0.29) is 11.8 Å². The van der Waals surface area contributed by atoms with Crippen molar-refractivity contribution >= 4 is 5.69 Å². The van der Waals surface area contributed by atoms with Crippen LogP contribution in [0.25, 0.3) is 0 Å². The lowest BCUT2D eigenvalue weighted by Gasteiger charge is -2.28. The molecule has 0 saturated carbocycles. The van der Waals surface area contributed by atoms with Crippen LogP contribution in [-0.2, 0) is 10.5 Å². The minimum Gasteiger partial charge on any atom is -0.347 e. The van der Waals surface area contributed by atoms with Gasteiger partial charge in [0.05, 0.1) is 11.0 Å². The van der Waals surface area contributed by atoms with Crippen LogP contribution in [-0.4, -0.2) is 11.5 Å². The first-order chi connectivity index (χ1) is 10.6. The molecule has 1 saturated heterocycles. The molecule has 5 heteroatoms. The summed E-state index contributed by atoms with van der Waals surface area (Å²) >= 11 is 0. The highest BCUT2D eigenvalue weighted by Crippen LogP contribution is 2.38. The van der Waals surface area contributed by atoms with E-state index in [0.717, 1.165) is 17.5 Å². The molecule has 0 aliphatic carbocycles. The summed E-state index contributed by atoms with van der Waals surface area (Å²) in [6, 6.07) is 16.6. The Hall–Kier alpha value is -2.24. The highest BCUT2D eigenvalue weighted by molar-refractivity contribution is 5.34. The number of hydrogen-bond donors (Lipinski definition) is 1. The van der Waals surface area contributed by atoms with Crippen LogP contribution in [0.1, 0.15) is 30.6 Å². The first-order valence-electron chi connectivity index (χ1n) is 7.37. The number of ether oxygens (including phenoxy) is 1. The van der Waals surface area contributed by atoms with Gasteiger partial charge in [-0.15, -0.1) is 0 Å². The normalized spacial score (nSPS) is 24.3. The number of nitrogens with one attached hydrogen (secondary N) is 1. The molecule has 0 aromatic heterocycles. The Labute approximate surface area is 129 Å². The van der Waals surface area contributed by atoms with Crippen LogP contribution in [0, 0.1) is 10.1 Å². The molecule has 2 aromatic rings. The Morgan fingerprint density at radius 2 is 1.91 bits per heavy atom. The number of nitrogens with zero attached hydrogens (tertiary/aromatic N) is 1. The highest BCUT2D eigenvalue weighted by Gasteiger charge is 2.40. The molecule has 0 bridgehead atoms. The van der Waals surface area contributed by atoms with Crippen molar-refractivity contribution in [2.45, 2.75) is 25.2 Å². The van der Waals surface area contributed by atoms with E-state index < -0.39 is 10.6 Å². The van der Waals surface area contributed by atoms with Gasteiger partial charge in [0, 0.05) is 18.7 Å². The number of benzene rings is 2. The van der Waals surface area contributed by atoms with Crippen molar-refractivity contribution in [2.75, 3.05) is 6.54 Å². The molecular formula is C17H18N2O3. The van der Waals surface area contributed by atoms with E-state index in [9.17, 15) is 10.1 Å². The van der Waals surface area contributed by atoms with Crippen LogP contribution in [0.15, 0.2) is 54.6 Å². The van der Waals surface area contributed by atoms with Crippen molar-refractivity contribution in [2.24, 2.45) is 0 Å². The lowest BCUT2D eigenvalue weighted by atomic mass is 10.0. The maximum absolute atomic E-state index is 10.7. The van der Waals surface area contributed by atoms with Crippen LogP contribution < -0.4 is 5.32 Å². The summed E-state index contributed by atoms with van der Waals surface area (Å²) in [4.78, 5) is 10.3. The molecule has 1 aliphatic heterocycles. The van der Waals surface area contributed by atoms with E-state index in [4.69, 9.17) is 4.74 Å². The maximum Gasteiger partial charge on any atom is 0.269 e. The molecule has 2 aromatic carbocycles. The monoisotopic (exact) mass is 298 g/mol. The Kier molecular flexibility index (Phi) is 3.92. The quantitative estimate of drug-likeness (QED) is 0.693. The summed E-state index contributed by atoms with van der Waals surface area (Å²) in [5.41, 5.74) is 1.65. The summed E-state index contributed by atoms with van der Waals surface area (Å²) in [6.07, 6.45) is 0.696. The third-order valence-corrected chi connectivity index (χ3v) is 4.13. The van der Waals surface area contributed by atoms with Crippen LogP contribution in [0.2, 0.25) is 0 Å². The Morgan fingerprint density at radius 1 is 1.23 bits per heavy atom. The zero-order valence-corrected chi connectivity index (χ0v) is 12.4. The summed E-state index contributed by atoms with van der Waals surface area (Å²) in [5, 5.41) is 14.2. The van der Waals surface area contributed by atoms with Crippen LogP contribution in [0.3, 0.4) is 0 Å². The van der Waals surface area contributed by atoms with Crippen molar-refractivity contribution in [3.8, 4) is 0 Å². The van der Waals surface area contributed by atoms with Gasteiger partial charge in [0.15, 0.2) is 0 Å². The molecule has 1 N–H and O–H groups in total. The van der Waals surface area contributed by atoms with Gasteiger partial charge in [0.1, 0.15) is 5.72 Å². The molecule has 1 heterocycles. The van der Waals surface area contributed by atoms with Gasteiger partial charge >= 0.3 is 0 Å². The lowest BCUT2D eigenvalue weighted by Crippen LogP contribution is -2.37. The SMILES string of the molecule is CC[C@]1(c2ccccc2)NC[C@H](c2ccc([N+](=O)[O-])cc2)O1. The van der Waals surface area contributed by atoms with Crippen molar-refractivity contribution in [3.63, 3.8) is 0 Å². The van der Waals surface area contributed by atoms with Gasteiger partial charge in [0.25, 0.3) is 5.69 Å². The van der Waals surface area contributed by atoms with Crippen molar-refractivity contribution in [1.82, 2.24) is 5.32 Å². The predicted octanol–water partition coefficient (Wildman–Crippen LogP) is 3.52. The lowest BCUT2D eigenvalue weighted by molar-refractivity contribution is -0.384. The molecular weight excluding hydrogens is 280 g/mol. The van der Waals surface area contributed by atoms with Gasteiger partial charge in [-0.1, -0.05) is 37.3 Å². The molecule has 114 valence electrons. The predicted molar refractivity (Wildman–Crippen MR) is 83.3 cm³/mol. The average Bonchev–Trinajstić information content (AvgIpc) is 3.02. The highest BCUT2D eigenvalue weighted by atomic mass is 16.6. The minimum absolute atomic E-state index is 0.0968. The number of hydrogen-bond acceptors (Lipinski definition) is 4. The molecule has 0 spiro atoms. The van der Waals surface area contributed by atoms with Gasteiger partial charge < -0.3 is 4.74 Å². The number of nitro benzene ring substituents is 1. The van der Waals surface area contributed by atoms with E-state index in [0.29, 0.717) is 6.54 Å². The molecule has 0 amide bonds. The fraction of sp³-hybridized carbons (Fsp3) is 0.294. The molecule has 1 aliphatic rings. The Bertz CT molecular complexity index is 657. The first kappa shape index (κ1) is 14.7. The van der Waals surface area contributed by atoms with Gasteiger partial charge in [0.2, 0.25) is 0 Å². The van der Waals surface area contributed by atoms with E-state index in [1.807, 2.05) is 18.2 Å². The molecule has 0 unspecified atom stereocenters. The third kappa shape index (κ3) is 2.61. The van der Waals surface area contributed by atoms with Gasteiger partial charge in [-0.2, -0.15) is 0 Å². The molecule has 2 atom stereocenters. The number of rotatable bonds is 4. The Morgan fingerprint density at radius 3 is 2.50 bits per heavy atom. The summed E-state index contributed by atoms with van der Waals surface area (Å²) in [7, 11) is 0. The molecule has 3 rings (SSSR count). The zero-order chi connectivity index (χ0) is 15.6. The maximum atomic E-state index is 10.7. The third-order valence-electron chi connectivity index (χ3n) is 4.13. The average molecular weight is 298 g/mol. The number of non-ortho nitro benzene ring substituents is 1. The molecule has 22 heavy (non-hydrogen) atoms. The molecule has 1 fully saturated rings. The van der Waals surface area contributed by atoms with E-state index in [1.165, 1.54) is 12.1 Å². The van der Waals surface area contributed by atoms with Crippen LogP contribution in [0.4, 0.5) is 5.69 Å². The van der Waals surface area contributed by atoms with Crippen LogP contribution >= 0.6 is 0 Å². The van der Waals surface area contributed by atoms with E-state index >= 15 is 0 Å². The fourth-order valence-electron chi connectivity index (χ4n) is 2.87. The summed E-state index contributed by atoms with van der Waals surface area (Å²) in [6.45, 7) is 2.76. The Balaban J connectivity index is 1.83. The van der Waals surface area contributed by atoms with Crippen molar-refractivity contribution in [1.29, 1.82) is 0 Å². The van der Waals surface area contributed by atoms with Gasteiger partial charge in [-0.25, -0.2) is 0 Å². The second-order valence-electron chi connectivity index (χ2n) is 5.38. The summed E-state index contributed by atoms with van der Waals surface area (Å²) in [5.74, 6) is 0.